The number of aryl methyl sites for hydroxylation is 2. The van der Waals surface area contributed by atoms with E-state index in [9.17, 15) is 14.7 Å². The average Bonchev–Trinajstić information content (AvgIpc) is 3.39. The summed E-state index contributed by atoms with van der Waals surface area (Å²) in [6, 6.07) is 19.5. The summed E-state index contributed by atoms with van der Waals surface area (Å²) in [6.45, 7) is 3.95. The van der Waals surface area contributed by atoms with Crippen molar-refractivity contribution in [3.05, 3.63) is 94.7 Å². The van der Waals surface area contributed by atoms with Gasteiger partial charge in [0.15, 0.2) is 0 Å². The van der Waals surface area contributed by atoms with Crippen LogP contribution in [-0.4, -0.2) is 36.0 Å². The third-order valence-electron chi connectivity index (χ3n) is 6.95. The number of ketones is 1. The standard InChI is InChI=1S/C30H28N2O5/c1-5-18-13-15-19(16-14-18)32-27(24-17(2)31-21-10-7-6-9-20(21)24)26(29(34)30(32)35)28(33)25-22(36-3)11-8-12-23(25)37-4/h6-16,27,31,33H,5H2,1-4H3/b28-26+. The van der Waals surface area contributed by atoms with E-state index in [2.05, 4.69) is 11.9 Å². The van der Waals surface area contributed by atoms with Gasteiger partial charge in [-0.05, 0) is 49.2 Å². The van der Waals surface area contributed by atoms with Crippen LogP contribution in [0.5, 0.6) is 11.5 Å². The predicted octanol–water partition coefficient (Wildman–Crippen LogP) is 5.68. The zero-order valence-electron chi connectivity index (χ0n) is 21.2. The summed E-state index contributed by atoms with van der Waals surface area (Å²) in [5, 5.41) is 12.6. The number of aliphatic hydroxyl groups excluding tert-OH is 1. The first kappa shape index (κ1) is 24.2. The predicted molar refractivity (Wildman–Crippen MR) is 143 cm³/mol. The van der Waals surface area contributed by atoms with Gasteiger partial charge in [0.2, 0.25) is 0 Å². The highest BCUT2D eigenvalue weighted by atomic mass is 16.5. The number of hydrogen-bond acceptors (Lipinski definition) is 5. The number of ether oxygens (including phenoxy) is 2. The number of aromatic amines is 1. The number of benzene rings is 3. The Labute approximate surface area is 214 Å². The lowest BCUT2D eigenvalue weighted by molar-refractivity contribution is -0.132. The summed E-state index contributed by atoms with van der Waals surface area (Å²) in [5.74, 6) is -1.20. The Kier molecular flexibility index (Phi) is 6.21. The highest BCUT2D eigenvalue weighted by Gasteiger charge is 2.48. The van der Waals surface area contributed by atoms with Crippen LogP contribution in [0, 0.1) is 6.92 Å². The fraction of sp³-hybridized carbons (Fsp3) is 0.200. The first-order valence-corrected chi connectivity index (χ1v) is 12.1. The minimum atomic E-state index is -0.877. The van der Waals surface area contributed by atoms with Gasteiger partial charge in [0.1, 0.15) is 22.8 Å². The molecule has 1 unspecified atom stereocenters. The minimum Gasteiger partial charge on any atom is -0.506 e. The summed E-state index contributed by atoms with van der Waals surface area (Å²) in [4.78, 5) is 32.1. The zero-order valence-corrected chi connectivity index (χ0v) is 21.2. The smallest absolute Gasteiger partial charge is 0.300 e. The molecule has 0 aliphatic carbocycles. The second kappa shape index (κ2) is 9.50. The van der Waals surface area contributed by atoms with Crippen LogP contribution in [0.15, 0.2) is 72.3 Å². The van der Waals surface area contributed by atoms with E-state index >= 15 is 0 Å². The first-order chi connectivity index (χ1) is 17.9. The van der Waals surface area contributed by atoms with Crippen LogP contribution in [0.2, 0.25) is 0 Å². The summed E-state index contributed by atoms with van der Waals surface area (Å²) in [6.07, 6.45) is 0.845. The van der Waals surface area contributed by atoms with Crippen LogP contribution >= 0.6 is 0 Å². The quantitative estimate of drug-likeness (QED) is 0.204. The van der Waals surface area contributed by atoms with Crippen molar-refractivity contribution >= 4 is 34.0 Å². The molecule has 1 saturated heterocycles. The highest BCUT2D eigenvalue weighted by molar-refractivity contribution is 6.52. The molecule has 7 nitrogen and oxygen atoms in total. The molecule has 4 aromatic rings. The number of nitrogens with zero attached hydrogens (tertiary/aromatic N) is 1. The number of aliphatic hydroxyl groups is 1. The van der Waals surface area contributed by atoms with E-state index < -0.39 is 17.7 Å². The maximum atomic E-state index is 13.7. The third kappa shape index (κ3) is 3.83. The SMILES string of the molecule is CCc1ccc(N2C(=O)C(=O)/C(=C(/O)c3c(OC)cccc3OC)C2c2c(C)[nH]c3ccccc23)cc1. The van der Waals surface area contributed by atoms with Gasteiger partial charge in [-0.1, -0.05) is 43.3 Å². The molecule has 0 radical (unpaired) electrons. The Balaban J connectivity index is 1.84. The van der Waals surface area contributed by atoms with E-state index in [1.54, 1.807) is 18.2 Å². The Morgan fingerprint density at radius 2 is 1.59 bits per heavy atom. The van der Waals surface area contributed by atoms with Crippen LogP contribution in [0.3, 0.4) is 0 Å². The Bertz CT molecular complexity index is 1530. The number of Topliss-reactive ketones (excluding diaryl/α,β-unsaturated/α-hetero) is 1. The lowest BCUT2D eigenvalue weighted by Crippen LogP contribution is -2.29. The minimum absolute atomic E-state index is 0.0276. The molecule has 5 rings (SSSR count). The molecule has 3 aromatic carbocycles. The van der Waals surface area contributed by atoms with Gasteiger partial charge in [-0.2, -0.15) is 0 Å². The number of nitrogens with one attached hydrogen (secondary N) is 1. The van der Waals surface area contributed by atoms with Crippen LogP contribution in [-0.2, 0) is 16.0 Å². The lowest BCUT2D eigenvalue weighted by Gasteiger charge is -2.26. The molecule has 1 fully saturated rings. The van der Waals surface area contributed by atoms with E-state index in [1.165, 1.54) is 19.1 Å². The first-order valence-electron chi connectivity index (χ1n) is 12.1. The molecule has 2 heterocycles. The van der Waals surface area contributed by atoms with Gasteiger partial charge in [0.05, 0.1) is 25.8 Å². The Hall–Kier alpha value is -4.52. The van der Waals surface area contributed by atoms with Gasteiger partial charge in [0, 0.05) is 27.8 Å². The number of hydrogen-bond donors (Lipinski definition) is 2. The number of amides is 1. The van der Waals surface area contributed by atoms with Crippen molar-refractivity contribution in [3.63, 3.8) is 0 Å². The summed E-state index contributed by atoms with van der Waals surface area (Å²) in [7, 11) is 2.95. The number of carbonyl (C=O) groups excluding carboxylic acids is 2. The number of methoxy groups -OCH3 is 2. The van der Waals surface area contributed by atoms with Crippen LogP contribution in [0.4, 0.5) is 5.69 Å². The maximum absolute atomic E-state index is 13.7. The summed E-state index contributed by atoms with van der Waals surface area (Å²) >= 11 is 0. The topological polar surface area (TPSA) is 91.9 Å². The molecule has 1 aromatic heterocycles. The number of aromatic nitrogens is 1. The van der Waals surface area contributed by atoms with E-state index in [1.807, 2.05) is 55.5 Å². The van der Waals surface area contributed by atoms with Crippen LogP contribution in [0.1, 0.15) is 35.3 Å². The number of fused-ring (bicyclic) bond motifs is 1. The Morgan fingerprint density at radius 1 is 0.946 bits per heavy atom. The van der Waals surface area contributed by atoms with Crippen molar-refractivity contribution in [3.8, 4) is 11.5 Å². The number of carbonyl (C=O) groups is 2. The molecule has 0 bridgehead atoms. The van der Waals surface area contributed by atoms with Gasteiger partial charge in [0.25, 0.3) is 11.7 Å². The maximum Gasteiger partial charge on any atom is 0.300 e. The van der Waals surface area contributed by atoms with Crippen molar-refractivity contribution < 1.29 is 24.2 Å². The van der Waals surface area contributed by atoms with E-state index in [0.29, 0.717) is 17.2 Å². The fourth-order valence-electron chi connectivity index (χ4n) is 5.13. The number of anilines is 1. The Morgan fingerprint density at radius 3 is 2.22 bits per heavy atom. The molecule has 1 atom stereocenters. The zero-order chi connectivity index (χ0) is 26.3. The molecular weight excluding hydrogens is 468 g/mol. The molecular formula is C30H28N2O5. The summed E-state index contributed by atoms with van der Waals surface area (Å²) < 4.78 is 11.0. The second-order valence-electron chi connectivity index (χ2n) is 8.94. The fourth-order valence-corrected chi connectivity index (χ4v) is 5.13. The number of rotatable bonds is 6. The molecule has 1 aliphatic heterocycles. The van der Waals surface area contributed by atoms with Crippen molar-refractivity contribution in [1.29, 1.82) is 0 Å². The molecule has 1 aliphatic rings. The summed E-state index contributed by atoms with van der Waals surface area (Å²) in [5.41, 5.74) is 4.27. The highest BCUT2D eigenvalue weighted by Crippen LogP contribution is 2.47. The van der Waals surface area contributed by atoms with Gasteiger partial charge in [-0.15, -0.1) is 0 Å². The van der Waals surface area contributed by atoms with E-state index in [0.717, 1.165) is 34.1 Å². The second-order valence-corrected chi connectivity index (χ2v) is 8.94. The molecule has 7 heteroatoms. The van der Waals surface area contributed by atoms with Crippen molar-refractivity contribution in [1.82, 2.24) is 4.98 Å². The van der Waals surface area contributed by atoms with Gasteiger partial charge < -0.3 is 19.6 Å². The molecule has 0 saturated carbocycles. The van der Waals surface area contributed by atoms with Gasteiger partial charge in [-0.3, -0.25) is 14.5 Å². The van der Waals surface area contributed by atoms with Gasteiger partial charge >= 0.3 is 0 Å². The molecule has 1 amide bonds. The number of H-pyrrole nitrogens is 1. The lowest BCUT2D eigenvalue weighted by atomic mass is 9.92. The van der Waals surface area contributed by atoms with Crippen molar-refractivity contribution in [2.24, 2.45) is 0 Å². The third-order valence-corrected chi connectivity index (χ3v) is 6.95. The largest absolute Gasteiger partial charge is 0.506 e. The normalized spacial score (nSPS) is 17.0. The van der Waals surface area contributed by atoms with E-state index in [-0.39, 0.29) is 16.9 Å². The van der Waals surface area contributed by atoms with Gasteiger partial charge in [-0.25, -0.2) is 0 Å². The number of para-hydroxylation sites is 1. The van der Waals surface area contributed by atoms with E-state index in [4.69, 9.17) is 9.47 Å². The van der Waals surface area contributed by atoms with Crippen LogP contribution in [0.25, 0.3) is 16.7 Å². The van der Waals surface area contributed by atoms with Crippen molar-refractivity contribution in [2.45, 2.75) is 26.3 Å². The molecule has 188 valence electrons. The molecule has 2 N–H and O–H groups in total. The monoisotopic (exact) mass is 496 g/mol. The molecule has 37 heavy (non-hydrogen) atoms. The van der Waals surface area contributed by atoms with Crippen molar-refractivity contribution in [2.75, 3.05) is 19.1 Å². The van der Waals surface area contributed by atoms with Crippen LogP contribution < -0.4 is 14.4 Å². The average molecular weight is 497 g/mol. The molecule has 0 spiro atoms.